The summed E-state index contributed by atoms with van der Waals surface area (Å²) in [6.45, 7) is 3.67. The molecule has 2 aromatic heterocycles. The summed E-state index contributed by atoms with van der Waals surface area (Å²) in [5.41, 5.74) is 13.6. The van der Waals surface area contributed by atoms with Gasteiger partial charge in [-0.1, -0.05) is 12.1 Å². The summed E-state index contributed by atoms with van der Waals surface area (Å²) >= 11 is 0. The largest absolute Gasteiger partial charge is 0.370 e. The molecule has 1 aliphatic rings. The molecule has 180 valence electrons. The number of guanidine groups is 2. The molecule has 34 heavy (non-hydrogen) atoms. The average molecular weight is 467 g/mol. The average Bonchev–Trinajstić information content (AvgIpc) is 3.24. The Bertz CT molecular complexity index is 1220. The maximum atomic E-state index is 12.7. The van der Waals surface area contributed by atoms with Gasteiger partial charge in [0.15, 0.2) is 11.9 Å². The van der Waals surface area contributed by atoms with Crippen molar-refractivity contribution in [2.45, 2.75) is 19.1 Å². The van der Waals surface area contributed by atoms with E-state index in [9.17, 15) is 4.79 Å². The van der Waals surface area contributed by atoms with Crippen LogP contribution in [0.25, 0.3) is 16.7 Å². The first-order valence-electron chi connectivity index (χ1n) is 11.1. The zero-order valence-corrected chi connectivity index (χ0v) is 18.8. The molecule has 0 saturated carbocycles. The number of benzene rings is 1. The third-order valence-corrected chi connectivity index (χ3v) is 5.67. The van der Waals surface area contributed by atoms with Gasteiger partial charge in [0.05, 0.1) is 18.8 Å². The second-order valence-electron chi connectivity index (χ2n) is 8.15. The van der Waals surface area contributed by atoms with Gasteiger partial charge in [-0.05, 0) is 36.7 Å². The zero-order chi connectivity index (χ0) is 24.1. The summed E-state index contributed by atoms with van der Waals surface area (Å²) in [4.78, 5) is 21.8. The minimum absolute atomic E-state index is 0.0173. The Morgan fingerprint density at radius 2 is 2.03 bits per heavy atom. The molecule has 0 spiro atoms. The SMILES string of the molecule is N=C(N)NCCCNCc1ccc(-n2cc3cc(C4CN(C(=N)N)CCO4)[nH]c3nc2=O)cc1. The summed E-state index contributed by atoms with van der Waals surface area (Å²) in [7, 11) is 0. The molecule has 4 rings (SSSR count). The van der Waals surface area contributed by atoms with Crippen molar-refractivity contribution < 1.29 is 4.74 Å². The number of rotatable bonds is 8. The Balaban J connectivity index is 1.43. The monoisotopic (exact) mass is 466 g/mol. The van der Waals surface area contributed by atoms with Crippen molar-refractivity contribution in [1.82, 2.24) is 30.1 Å². The lowest BCUT2D eigenvalue weighted by molar-refractivity contribution is -0.00948. The highest BCUT2D eigenvalue weighted by molar-refractivity contribution is 5.76. The van der Waals surface area contributed by atoms with Crippen LogP contribution in [-0.2, 0) is 11.3 Å². The third-order valence-electron chi connectivity index (χ3n) is 5.67. The van der Waals surface area contributed by atoms with E-state index < -0.39 is 0 Å². The Morgan fingerprint density at radius 3 is 2.76 bits per heavy atom. The fourth-order valence-electron chi connectivity index (χ4n) is 3.87. The Kier molecular flexibility index (Phi) is 7.09. The Labute approximate surface area is 196 Å². The number of morpholine rings is 1. The number of nitrogens with one attached hydrogen (secondary N) is 5. The van der Waals surface area contributed by atoms with Crippen LogP contribution in [0.15, 0.2) is 41.3 Å². The second kappa shape index (κ2) is 10.4. The molecule has 1 unspecified atom stereocenters. The van der Waals surface area contributed by atoms with Crippen molar-refractivity contribution in [2.24, 2.45) is 11.5 Å². The predicted molar refractivity (Wildman–Crippen MR) is 130 cm³/mol. The third kappa shape index (κ3) is 5.53. The van der Waals surface area contributed by atoms with Gasteiger partial charge >= 0.3 is 5.69 Å². The number of fused-ring (bicyclic) bond motifs is 1. The number of hydrogen-bond donors (Lipinski definition) is 7. The van der Waals surface area contributed by atoms with E-state index in [1.54, 1.807) is 11.1 Å². The first-order chi connectivity index (χ1) is 16.4. The summed E-state index contributed by atoms with van der Waals surface area (Å²) in [5, 5.41) is 21.7. The molecule has 0 radical (unpaired) electrons. The highest BCUT2D eigenvalue weighted by atomic mass is 16.5. The number of hydrogen-bond acceptors (Lipinski definition) is 6. The van der Waals surface area contributed by atoms with Gasteiger partial charge in [0, 0.05) is 36.9 Å². The molecule has 0 bridgehead atoms. The molecule has 9 N–H and O–H groups in total. The molecule has 12 heteroatoms. The predicted octanol–water partition coefficient (Wildman–Crippen LogP) is -0.0567. The maximum absolute atomic E-state index is 12.7. The lowest BCUT2D eigenvalue weighted by atomic mass is 10.2. The normalized spacial score (nSPS) is 16.0. The van der Waals surface area contributed by atoms with Crippen LogP contribution in [0.5, 0.6) is 0 Å². The van der Waals surface area contributed by atoms with Crippen LogP contribution < -0.4 is 27.8 Å². The van der Waals surface area contributed by atoms with Gasteiger partial charge in [-0.15, -0.1) is 0 Å². The quantitative estimate of drug-likeness (QED) is 0.137. The lowest BCUT2D eigenvalue weighted by Crippen LogP contribution is -2.45. The van der Waals surface area contributed by atoms with Crippen LogP contribution in [0.2, 0.25) is 0 Å². The van der Waals surface area contributed by atoms with Crippen LogP contribution in [0.4, 0.5) is 0 Å². The number of ether oxygens (including phenoxy) is 1. The van der Waals surface area contributed by atoms with E-state index in [-0.39, 0.29) is 23.7 Å². The molecule has 1 aliphatic heterocycles. The lowest BCUT2D eigenvalue weighted by Gasteiger charge is -2.32. The van der Waals surface area contributed by atoms with E-state index in [1.807, 2.05) is 30.3 Å². The number of aromatic nitrogens is 3. The molecule has 1 fully saturated rings. The van der Waals surface area contributed by atoms with Crippen molar-refractivity contribution >= 4 is 23.0 Å². The summed E-state index contributed by atoms with van der Waals surface area (Å²) in [5.74, 6) is 0.00202. The van der Waals surface area contributed by atoms with Crippen molar-refractivity contribution in [1.29, 1.82) is 10.8 Å². The molecule has 1 atom stereocenters. The number of nitrogens with zero attached hydrogens (tertiary/aromatic N) is 3. The number of aromatic amines is 1. The van der Waals surface area contributed by atoms with Gasteiger partial charge in [-0.2, -0.15) is 4.98 Å². The highest BCUT2D eigenvalue weighted by Crippen LogP contribution is 2.24. The molecular weight excluding hydrogens is 436 g/mol. The molecule has 0 amide bonds. The molecule has 0 aliphatic carbocycles. The summed E-state index contributed by atoms with van der Waals surface area (Å²) in [6, 6.07) is 9.66. The second-order valence-corrected chi connectivity index (χ2v) is 8.15. The van der Waals surface area contributed by atoms with Crippen LogP contribution >= 0.6 is 0 Å². The van der Waals surface area contributed by atoms with E-state index in [4.69, 9.17) is 27.0 Å². The zero-order valence-electron chi connectivity index (χ0n) is 18.8. The van der Waals surface area contributed by atoms with Crippen molar-refractivity contribution in [3.63, 3.8) is 0 Å². The van der Waals surface area contributed by atoms with Crippen molar-refractivity contribution in [3.8, 4) is 5.69 Å². The molecule has 1 aromatic carbocycles. The van der Waals surface area contributed by atoms with Crippen molar-refractivity contribution in [2.75, 3.05) is 32.8 Å². The van der Waals surface area contributed by atoms with E-state index in [1.165, 1.54) is 4.57 Å². The van der Waals surface area contributed by atoms with Gasteiger partial charge < -0.3 is 36.7 Å². The van der Waals surface area contributed by atoms with Gasteiger partial charge in [0.1, 0.15) is 11.8 Å². The topological polar surface area (TPSA) is 187 Å². The van der Waals surface area contributed by atoms with Crippen molar-refractivity contribution in [3.05, 3.63) is 58.3 Å². The fraction of sp³-hybridized carbons (Fsp3) is 0.364. The molecule has 1 saturated heterocycles. The van der Waals surface area contributed by atoms with E-state index in [0.717, 1.165) is 35.3 Å². The van der Waals surface area contributed by atoms with Gasteiger partial charge in [-0.25, -0.2) is 4.79 Å². The van der Waals surface area contributed by atoms with Crippen LogP contribution in [0.3, 0.4) is 0 Å². The standard InChI is InChI=1S/C22H30N10O2/c23-20(24)28-7-1-6-27-11-14-2-4-16(5-3-14)32-12-15-10-17(29-19(15)30-22(32)33)18-13-31(21(25)26)8-9-34-18/h2-5,10,12,18,27H,1,6-9,11,13H2,(H3,25,26)(H4,23,24,28)(H,29,30,33). The van der Waals surface area contributed by atoms with E-state index in [2.05, 4.69) is 20.6 Å². The molecule has 12 nitrogen and oxygen atoms in total. The number of H-pyrrole nitrogens is 1. The van der Waals surface area contributed by atoms with Gasteiger partial charge in [0.2, 0.25) is 0 Å². The Morgan fingerprint density at radius 1 is 1.24 bits per heavy atom. The van der Waals surface area contributed by atoms with E-state index >= 15 is 0 Å². The van der Waals surface area contributed by atoms with Crippen LogP contribution in [-0.4, -0.2) is 64.1 Å². The first kappa shape index (κ1) is 23.3. The van der Waals surface area contributed by atoms with Crippen LogP contribution in [0.1, 0.15) is 23.8 Å². The molecule has 3 aromatic rings. The summed E-state index contributed by atoms with van der Waals surface area (Å²) in [6.07, 6.45) is 2.35. The van der Waals surface area contributed by atoms with Gasteiger partial charge in [0.25, 0.3) is 0 Å². The minimum Gasteiger partial charge on any atom is -0.370 e. The molecular formula is C22H30N10O2. The first-order valence-corrected chi connectivity index (χ1v) is 11.1. The molecule has 3 heterocycles. The Hall–Kier alpha value is -3.90. The van der Waals surface area contributed by atoms with E-state index in [0.29, 0.717) is 38.4 Å². The fourth-order valence-corrected chi connectivity index (χ4v) is 3.87. The maximum Gasteiger partial charge on any atom is 0.354 e. The smallest absolute Gasteiger partial charge is 0.354 e. The summed E-state index contributed by atoms with van der Waals surface area (Å²) < 4.78 is 7.36. The van der Waals surface area contributed by atoms with Gasteiger partial charge in [-0.3, -0.25) is 15.4 Å². The number of nitrogens with two attached hydrogens (primary N) is 2. The highest BCUT2D eigenvalue weighted by Gasteiger charge is 2.24. The van der Waals surface area contributed by atoms with Crippen LogP contribution in [0, 0.1) is 10.8 Å². The minimum atomic E-state index is -0.375.